The van der Waals surface area contributed by atoms with E-state index in [4.69, 9.17) is 0 Å². The summed E-state index contributed by atoms with van der Waals surface area (Å²) in [7, 11) is 0. The molecule has 0 aliphatic heterocycles. The van der Waals surface area contributed by atoms with Crippen LogP contribution in [0.5, 0.6) is 0 Å². The van der Waals surface area contributed by atoms with Gasteiger partial charge in [0.2, 0.25) is 0 Å². The zero-order chi connectivity index (χ0) is 15.0. The topological polar surface area (TPSA) is 0 Å². The third-order valence-electron chi connectivity index (χ3n) is 3.02. The lowest BCUT2D eigenvalue weighted by Gasteiger charge is -2.10. The number of hydrogen-bond acceptors (Lipinski definition) is 1. The highest BCUT2D eigenvalue weighted by molar-refractivity contribution is 7.83. The molecular formula is C19H22S. The molecule has 0 fully saturated rings. The average molecular weight is 282 g/mol. The molecule has 0 heterocycles. The van der Waals surface area contributed by atoms with Crippen LogP contribution in [-0.4, -0.2) is 0 Å². The second-order valence-electron chi connectivity index (χ2n) is 4.81. The maximum absolute atomic E-state index is 4.20. The predicted molar refractivity (Wildman–Crippen MR) is 94.3 cm³/mol. The van der Waals surface area contributed by atoms with Gasteiger partial charge in [-0.25, -0.2) is 0 Å². The smallest absolute Gasteiger partial charge is 0.0181 e. The molecule has 20 heavy (non-hydrogen) atoms. The minimum atomic E-state index is 0.554. The molecule has 0 bridgehead atoms. The third kappa shape index (κ3) is 4.75. The van der Waals surface area contributed by atoms with Crippen molar-refractivity contribution in [2.75, 3.05) is 0 Å². The van der Waals surface area contributed by atoms with Crippen LogP contribution in [0.2, 0.25) is 0 Å². The Hall–Kier alpha value is -1.73. The van der Waals surface area contributed by atoms with E-state index in [9.17, 15) is 0 Å². The van der Waals surface area contributed by atoms with Crippen molar-refractivity contribution in [1.82, 2.24) is 0 Å². The van der Waals surface area contributed by atoms with E-state index in [0.717, 1.165) is 5.57 Å². The summed E-state index contributed by atoms with van der Waals surface area (Å²) in [6.45, 7) is 11.8. The fourth-order valence-corrected chi connectivity index (χ4v) is 1.89. The quantitative estimate of drug-likeness (QED) is 0.663. The first-order chi connectivity index (χ1) is 9.60. The number of rotatable bonds is 3. The van der Waals surface area contributed by atoms with Gasteiger partial charge in [-0.1, -0.05) is 81.6 Å². The summed E-state index contributed by atoms with van der Waals surface area (Å²) in [4.78, 5) is 0. The molecule has 104 valence electrons. The van der Waals surface area contributed by atoms with Gasteiger partial charge in [0.1, 0.15) is 0 Å². The Labute approximate surface area is 128 Å². The van der Waals surface area contributed by atoms with Crippen molar-refractivity contribution in [1.29, 1.82) is 0 Å². The van der Waals surface area contributed by atoms with Crippen LogP contribution in [0, 0.1) is 0 Å². The molecule has 2 rings (SSSR count). The van der Waals surface area contributed by atoms with Crippen LogP contribution in [0.4, 0.5) is 0 Å². The van der Waals surface area contributed by atoms with Crippen molar-refractivity contribution in [2.45, 2.75) is 19.8 Å². The fourth-order valence-electron chi connectivity index (χ4n) is 1.89. The van der Waals surface area contributed by atoms with Gasteiger partial charge in [-0.05, 0) is 33.6 Å². The Balaban J connectivity index is 0.000000612. The lowest BCUT2D eigenvalue weighted by Crippen LogP contribution is -1.91. The molecule has 0 aliphatic rings. The van der Waals surface area contributed by atoms with E-state index in [2.05, 4.69) is 76.0 Å². The second kappa shape index (κ2) is 8.44. The summed E-state index contributed by atoms with van der Waals surface area (Å²) < 4.78 is 0. The van der Waals surface area contributed by atoms with E-state index < -0.39 is 0 Å². The standard InChI is InChI=1S/C17H18.C2H4S/c1-13(2)16-10-7-11-17(12-16)14(3)15-8-5-4-6-9-15;1-2-3/h4-13H,3H2,1-2H3;2-3H,1H2. The number of thiol groups is 1. The van der Waals surface area contributed by atoms with Crippen molar-refractivity contribution in [3.05, 3.63) is 89.9 Å². The lowest BCUT2D eigenvalue weighted by atomic mass is 9.95. The average Bonchev–Trinajstić information content (AvgIpc) is 2.48. The van der Waals surface area contributed by atoms with Crippen LogP contribution < -0.4 is 0 Å². The van der Waals surface area contributed by atoms with Crippen LogP contribution in [0.3, 0.4) is 0 Å². The van der Waals surface area contributed by atoms with E-state index in [1.54, 1.807) is 0 Å². The van der Waals surface area contributed by atoms with Crippen LogP contribution in [0.1, 0.15) is 36.5 Å². The normalized spacial score (nSPS) is 9.60. The van der Waals surface area contributed by atoms with Crippen molar-refractivity contribution in [2.24, 2.45) is 0 Å². The van der Waals surface area contributed by atoms with Crippen molar-refractivity contribution < 1.29 is 0 Å². The minimum absolute atomic E-state index is 0.554. The van der Waals surface area contributed by atoms with Gasteiger partial charge in [-0.15, -0.1) is 0 Å². The van der Waals surface area contributed by atoms with Crippen LogP contribution >= 0.6 is 12.6 Å². The Morgan fingerprint density at radius 2 is 1.55 bits per heavy atom. The van der Waals surface area contributed by atoms with Gasteiger partial charge in [0.05, 0.1) is 0 Å². The second-order valence-corrected chi connectivity index (χ2v) is 5.17. The van der Waals surface area contributed by atoms with E-state index in [1.807, 2.05) is 18.2 Å². The number of hydrogen-bond donors (Lipinski definition) is 1. The summed E-state index contributed by atoms with van der Waals surface area (Å²) >= 11 is 3.55. The van der Waals surface area contributed by atoms with Crippen molar-refractivity contribution >= 4 is 18.2 Å². The molecule has 1 heteroatoms. The molecule has 0 saturated carbocycles. The van der Waals surface area contributed by atoms with Gasteiger partial charge in [0, 0.05) is 0 Å². The highest BCUT2D eigenvalue weighted by Crippen LogP contribution is 2.24. The van der Waals surface area contributed by atoms with E-state index in [1.165, 1.54) is 22.1 Å². The molecule has 0 nitrogen and oxygen atoms in total. The molecule has 2 aromatic carbocycles. The summed E-state index contributed by atoms with van der Waals surface area (Å²) in [5.74, 6) is 0.554. The molecule has 0 saturated heterocycles. The molecule has 2 aromatic rings. The molecular weight excluding hydrogens is 260 g/mol. The zero-order valence-corrected chi connectivity index (χ0v) is 13.1. The molecule has 0 N–H and O–H groups in total. The maximum atomic E-state index is 4.20. The summed E-state index contributed by atoms with van der Waals surface area (Å²) in [5, 5.41) is 1.44. The third-order valence-corrected chi connectivity index (χ3v) is 3.02. The van der Waals surface area contributed by atoms with Gasteiger partial charge in [0.15, 0.2) is 0 Å². The largest absolute Gasteiger partial charge is 0.152 e. The van der Waals surface area contributed by atoms with Crippen LogP contribution in [-0.2, 0) is 0 Å². The lowest BCUT2D eigenvalue weighted by molar-refractivity contribution is 0.866. The maximum Gasteiger partial charge on any atom is -0.0181 e. The molecule has 0 aliphatic carbocycles. The van der Waals surface area contributed by atoms with E-state index in [-0.39, 0.29) is 0 Å². The Morgan fingerprint density at radius 3 is 2.10 bits per heavy atom. The van der Waals surface area contributed by atoms with Gasteiger partial charge < -0.3 is 0 Å². The molecule has 0 aromatic heterocycles. The Kier molecular flexibility index (Phi) is 6.89. The zero-order valence-electron chi connectivity index (χ0n) is 12.2. The molecule has 0 amide bonds. The fraction of sp³-hybridized carbons (Fsp3) is 0.158. The molecule has 0 spiro atoms. The molecule has 0 unspecified atom stereocenters. The first kappa shape index (κ1) is 16.3. The molecule has 0 radical (unpaired) electrons. The van der Waals surface area contributed by atoms with E-state index in [0.29, 0.717) is 5.92 Å². The highest BCUT2D eigenvalue weighted by atomic mass is 32.1. The van der Waals surface area contributed by atoms with Crippen LogP contribution in [0.15, 0.2) is 73.2 Å². The molecule has 0 atom stereocenters. The van der Waals surface area contributed by atoms with Gasteiger partial charge >= 0.3 is 0 Å². The Morgan fingerprint density at radius 1 is 1.00 bits per heavy atom. The summed E-state index contributed by atoms with van der Waals surface area (Å²) in [6, 6.07) is 19.0. The SMILES string of the molecule is C=C(c1ccccc1)c1cccc(C(C)C)c1.C=CS. The predicted octanol–water partition coefficient (Wildman–Crippen LogP) is 5.93. The highest BCUT2D eigenvalue weighted by Gasteiger charge is 2.04. The van der Waals surface area contributed by atoms with Crippen LogP contribution in [0.25, 0.3) is 5.57 Å². The first-order valence-electron chi connectivity index (χ1n) is 6.70. The minimum Gasteiger partial charge on any atom is -0.152 e. The van der Waals surface area contributed by atoms with Crippen molar-refractivity contribution in [3.8, 4) is 0 Å². The number of benzene rings is 2. The van der Waals surface area contributed by atoms with E-state index >= 15 is 0 Å². The van der Waals surface area contributed by atoms with Gasteiger partial charge in [0.25, 0.3) is 0 Å². The Bertz CT molecular complexity index is 553. The van der Waals surface area contributed by atoms with Crippen molar-refractivity contribution in [3.63, 3.8) is 0 Å². The summed E-state index contributed by atoms with van der Waals surface area (Å²) in [6.07, 6.45) is 0. The summed E-state index contributed by atoms with van der Waals surface area (Å²) in [5.41, 5.74) is 4.85. The monoisotopic (exact) mass is 282 g/mol. The first-order valence-corrected chi connectivity index (χ1v) is 7.21. The van der Waals surface area contributed by atoms with Gasteiger partial charge in [-0.2, -0.15) is 12.6 Å². The van der Waals surface area contributed by atoms with Gasteiger partial charge in [-0.3, -0.25) is 0 Å².